The zero-order valence-corrected chi connectivity index (χ0v) is 11.6. The van der Waals surface area contributed by atoms with Crippen LogP contribution in [0.1, 0.15) is 12.0 Å². The van der Waals surface area contributed by atoms with Gasteiger partial charge >= 0.3 is 5.97 Å². The molecule has 0 fully saturated rings. The number of hydrogen-bond donors (Lipinski definition) is 2. The fraction of sp³-hybridized carbons (Fsp3) is 0.333. The fourth-order valence-electron chi connectivity index (χ4n) is 1.50. The number of nitrogens with zero attached hydrogens (tertiary/aromatic N) is 1. The monoisotopic (exact) mass is 314 g/mol. The third-order valence-electron chi connectivity index (χ3n) is 2.42. The standard InChI is InChI=1S/C12H15BrN2O3/c1-15(12(18)10(14)6-11(16)17)7-8-2-4-9(13)5-3-8/h2-5,10H,6-7,14H2,1H3,(H,16,17). The topological polar surface area (TPSA) is 83.6 Å². The molecule has 1 amide bonds. The molecule has 1 aromatic carbocycles. The van der Waals surface area contributed by atoms with Gasteiger partial charge in [0, 0.05) is 18.1 Å². The fourth-order valence-corrected chi connectivity index (χ4v) is 1.76. The molecule has 1 unspecified atom stereocenters. The molecule has 1 aromatic rings. The van der Waals surface area contributed by atoms with E-state index in [9.17, 15) is 9.59 Å². The van der Waals surface area contributed by atoms with E-state index in [0.29, 0.717) is 6.54 Å². The highest BCUT2D eigenvalue weighted by Crippen LogP contribution is 2.12. The van der Waals surface area contributed by atoms with Crippen molar-refractivity contribution in [2.24, 2.45) is 5.73 Å². The van der Waals surface area contributed by atoms with Crippen molar-refractivity contribution in [2.45, 2.75) is 19.0 Å². The predicted octanol–water partition coefficient (Wildman–Crippen LogP) is 1.21. The molecular weight excluding hydrogens is 300 g/mol. The zero-order valence-electron chi connectivity index (χ0n) is 9.97. The molecule has 98 valence electrons. The summed E-state index contributed by atoms with van der Waals surface area (Å²) in [5.41, 5.74) is 6.47. The van der Waals surface area contributed by atoms with Crippen LogP contribution >= 0.6 is 15.9 Å². The van der Waals surface area contributed by atoms with Crippen molar-refractivity contribution < 1.29 is 14.7 Å². The molecule has 0 saturated carbocycles. The quantitative estimate of drug-likeness (QED) is 0.855. The molecule has 6 heteroatoms. The van der Waals surface area contributed by atoms with Crippen LogP contribution in [0.4, 0.5) is 0 Å². The summed E-state index contributed by atoms with van der Waals surface area (Å²) >= 11 is 3.33. The van der Waals surface area contributed by atoms with E-state index < -0.39 is 12.0 Å². The summed E-state index contributed by atoms with van der Waals surface area (Å²) in [6, 6.07) is 6.53. The summed E-state index contributed by atoms with van der Waals surface area (Å²) in [6.45, 7) is 0.402. The number of rotatable bonds is 5. The van der Waals surface area contributed by atoms with Crippen LogP contribution < -0.4 is 5.73 Å². The summed E-state index contributed by atoms with van der Waals surface area (Å²) in [5, 5.41) is 8.58. The Labute approximate surface area is 114 Å². The average molecular weight is 315 g/mol. The second kappa shape index (κ2) is 6.51. The minimum atomic E-state index is -1.08. The van der Waals surface area contributed by atoms with Crippen LogP contribution in [0.5, 0.6) is 0 Å². The Hall–Kier alpha value is -1.40. The van der Waals surface area contributed by atoms with E-state index in [1.807, 2.05) is 24.3 Å². The minimum absolute atomic E-state index is 0.358. The molecule has 5 nitrogen and oxygen atoms in total. The third-order valence-corrected chi connectivity index (χ3v) is 2.95. The molecule has 1 atom stereocenters. The first kappa shape index (κ1) is 14.7. The van der Waals surface area contributed by atoms with Crippen molar-refractivity contribution in [3.05, 3.63) is 34.3 Å². The maximum atomic E-state index is 11.8. The molecule has 0 saturated heterocycles. The van der Waals surface area contributed by atoms with Crippen molar-refractivity contribution in [2.75, 3.05) is 7.05 Å². The Morgan fingerprint density at radius 2 is 1.94 bits per heavy atom. The van der Waals surface area contributed by atoms with Gasteiger partial charge in [0.2, 0.25) is 5.91 Å². The Bertz CT molecular complexity index is 433. The second-order valence-corrected chi connectivity index (χ2v) is 4.94. The predicted molar refractivity (Wildman–Crippen MR) is 70.8 cm³/mol. The number of carbonyl (C=O) groups is 2. The van der Waals surface area contributed by atoms with Crippen molar-refractivity contribution in [1.82, 2.24) is 4.90 Å². The van der Waals surface area contributed by atoms with Crippen molar-refractivity contribution in [3.63, 3.8) is 0 Å². The Kier molecular flexibility index (Phi) is 5.30. The zero-order chi connectivity index (χ0) is 13.7. The molecule has 0 aromatic heterocycles. The van der Waals surface area contributed by atoms with Gasteiger partial charge < -0.3 is 15.7 Å². The third kappa shape index (κ3) is 4.46. The van der Waals surface area contributed by atoms with Crippen LogP contribution in [0, 0.1) is 0 Å². The molecule has 18 heavy (non-hydrogen) atoms. The van der Waals surface area contributed by atoms with E-state index in [1.54, 1.807) is 7.05 Å². The summed E-state index contributed by atoms with van der Waals surface area (Å²) in [6.07, 6.45) is -0.358. The molecule has 0 aliphatic carbocycles. The lowest BCUT2D eigenvalue weighted by Gasteiger charge is -2.20. The number of likely N-dealkylation sites (N-methyl/N-ethyl adjacent to an activating group) is 1. The maximum absolute atomic E-state index is 11.8. The highest BCUT2D eigenvalue weighted by atomic mass is 79.9. The van der Waals surface area contributed by atoms with Gasteiger partial charge in [-0.3, -0.25) is 9.59 Å². The Morgan fingerprint density at radius 1 is 1.39 bits per heavy atom. The number of aliphatic carboxylic acids is 1. The number of hydrogen-bond acceptors (Lipinski definition) is 3. The van der Waals surface area contributed by atoms with Gasteiger partial charge in [-0.1, -0.05) is 28.1 Å². The highest BCUT2D eigenvalue weighted by Gasteiger charge is 2.20. The molecule has 0 spiro atoms. The Morgan fingerprint density at radius 3 is 2.44 bits per heavy atom. The summed E-state index contributed by atoms with van der Waals surface area (Å²) in [7, 11) is 1.60. The number of carboxylic acid groups (broad SMARTS) is 1. The molecule has 1 rings (SSSR count). The van der Waals surface area contributed by atoms with Gasteiger partial charge in [0.15, 0.2) is 0 Å². The maximum Gasteiger partial charge on any atom is 0.305 e. The Balaban J connectivity index is 2.59. The van der Waals surface area contributed by atoms with Crippen LogP contribution in [-0.2, 0) is 16.1 Å². The summed E-state index contributed by atoms with van der Waals surface area (Å²) < 4.78 is 0.961. The van der Waals surface area contributed by atoms with Crippen molar-refractivity contribution in [3.8, 4) is 0 Å². The van der Waals surface area contributed by atoms with Crippen LogP contribution in [0.15, 0.2) is 28.7 Å². The van der Waals surface area contributed by atoms with Crippen LogP contribution in [0.2, 0.25) is 0 Å². The van der Waals surface area contributed by atoms with Gasteiger partial charge in [-0.2, -0.15) is 0 Å². The van der Waals surface area contributed by atoms with Crippen LogP contribution in [0.25, 0.3) is 0 Å². The number of carboxylic acids is 1. The molecule has 3 N–H and O–H groups in total. The van der Waals surface area contributed by atoms with Gasteiger partial charge in [-0.15, -0.1) is 0 Å². The average Bonchev–Trinajstić information content (AvgIpc) is 2.30. The highest BCUT2D eigenvalue weighted by molar-refractivity contribution is 9.10. The number of benzene rings is 1. The van der Waals surface area contributed by atoms with Crippen molar-refractivity contribution in [1.29, 1.82) is 0 Å². The van der Waals surface area contributed by atoms with Gasteiger partial charge in [-0.05, 0) is 17.7 Å². The van der Waals surface area contributed by atoms with Crippen molar-refractivity contribution >= 4 is 27.8 Å². The van der Waals surface area contributed by atoms with Gasteiger partial charge in [0.05, 0.1) is 12.5 Å². The SMILES string of the molecule is CN(Cc1ccc(Br)cc1)C(=O)C(N)CC(=O)O. The second-order valence-electron chi connectivity index (χ2n) is 4.03. The molecule has 0 bridgehead atoms. The molecule has 0 radical (unpaired) electrons. The number of halogens is 1. The smallest absolute Gasteiger partial charge is 0.305 e. The van der Waals surface area contributed by atoms with E-state index in [4.69, 9.17) is 10.8 Å². The summed E-state index contributed by atoms with van der Waals surface area (Å²) in [4.78, 5) is 23.7. The number of carbonyl (C=O) groups excluding carboxylic acids is 1. The lowest BCUT2D eigenvalue weighted by atomic mass is 10.1. The lowest BCUT2D eigenvalue weighted by molar-refractivity contribution is -0.141. The van der Waals surface area contributed by atoms with E-state index in [0.717, 1.165) is 10.0 Å². The number of nitrogens with two attached hydrogens (primary N) is 1. The lowest BCUT2D eigenvalue weighted by Crippen LogP contribution is -2.42. The van der Waals surface area contributed by atoms with Crippen LogP contribution in [0.3, 0.4) is 0 Å². The first-order chi connectivity index (χ1) is 8.40. The van der Waals surface area contributed by atoms with Gasteiger partial charge in [0.25, 0.3) is 0 Å². The summed E-state index contributed by atoms with van der Waals surface area (Å²) in [5.74, 6) is -1.45. The number of amides is 1. The van der Waals surface area contributed by atoms with E-state index in [-0.39, 0.29) is 12.3 Å². The first-order valence-corrected chi connectivity index (χ1v) is 6.16. The molecular formula is C12H15BrN2O3. The first-order valence-electron chi connectivity index (χ1n) is 5.37. The van der Waals surface area contributed by atoms with Gasteiger partial charge in [-0.25, -0.2) is 0 Å². The van der Waals surface area contributed by atoms with Crippen LogP contribution in [-0.4, -0.2) is 35.0 Å². The normalized spacial score (nSPS) is 11.9. The van der Waals surface area contributed by atoms with E-state index in [1.165, 1.54) is 4.90 Å². The molecule has 0 heterocycles. The minimum Gasteiger partial charge on any atom is -0.481 e. The largest absolute Gasteiger partial charge is 0.481 e. The van der Waals surface area contributed by atoms with E-state index >= 15 is 0 Å². The molecule has 0 aliphatic rings. The van der Waals surface area contributed by atoms with E-state index in [2.05, 4.69) is 15.9 Å². The molecule has 0 aliphatic heterocycles. The van der Waals surface area contributed by atoms with Gasteiger partial charge in [0.1, 0.15) is 0 Å².